The van der Waals surface area contributed by atoms with Gasteiger partial charge in [-0.3, -0.25) is 4.79 Å². The summed E-state index contributed by atoms with van der Waals surface area (Å²) in [6.07, 6.45) is 0.794. The molecule has 0 bridgehead atoms. The van der Waals surface area contributed by atoms with Crippen LogP contribution in [0.2, 0.25) is 0 Å². The normalized spacial score (nSPS) is 10.1. The third kappa shape index (κ3) is 4.50. The first kappa shape index (κ1) is 13.8. The molecule has 0 unspecified atom stereocenters. The summed E-state index contributed by atoms with van der Waals surface area (Å²) in [7, 11) is 0. The molecule has 0 aromatic carbocycles. The molecule has 2 heterocycles. The molecular formula is C13H13NO3S2. The van der Waals surface area contributed by atoms with Gasteiger partial charge in [-0.15, -0.1) is 11.3 Å². The molecule has 0 fully saturated rings. The number of hydrogen-bond donors (Lipinski definition) is 1. The molecule has 2 rings (SSSR count). The summed E-state index contributed by atoms with van der Waals surface area (Å²) in [6.45, 7) is 0.314. The van der Waals surface area contributed by atoms with Crippen LogP contribution in [-0.4, -0.2) is 25.0 Å². The van der Waals surface area contributed by atoms with Crippen LogP contribution < -0.4 is 5.32 Å². The molecule has 0 aliphatic heterocycles. The van der Waals surface area contributed by atoms with E-state index in [1.54, 1.807) is 28.2 Å². The molecule has 1 N–H and O–H groups in total. The zero-order valence-electron chi connectivity index (χ0n) is 10.1. The quantitative estimate of drug-likeness (QED) is 0.832. The molecule has 0 saturated heterocycles. The number of esters is 1. The van der Waals surface area contributed by atoms with Gasteiger partial charge in [0.15, 0.2) is 6.61 Å². The van der Waals surface area contributed by atoms with Crippen LogP contribution in [0.3, 0.4) is 0 Å². The van der Waals surface area contributed by atoms with Crippen LogP contribution >= 0.6 is 22.7 Å². The lowest BCUT2D eigenvalue weighted by atomic mass is 10.3. The number of nitrogens with one attached hydrogen (secondary N) is 1. The molecule has 19 heavy (non-hydrogen) atoms. The summed E-state index contributed by atoms with van der Waals surface area (Å²) in [5, 5.41) is 8.20. The van der Waals surface area contributed by atoms with Gasteiger partial charge >= 0.3 is 5.97 Å². The summed E-state index contributed by atoms with van der Waals surface area (Å²) in [4.78, 5) is 24.2. The molecule has 0 aliphatic carbocycles. The van der Waals surface area contributed by atoms with Crippen molar-refractivity contribution in [1.29, 1.82) is 0 Å². The minimum Gasteiger partial charge on any atom is -0.452 e. The summed E-state index contributed by atoms with van der Waals surface area (Å²) >= 11 is 3.07. The van der Waals surface area contributed by atoms with E-state index < -0.39 is 5.97 Å². The average molecular weight is 295 g/mol. The second-order valence-corrected chi connectivity index (χ2v) is 5.58. The van der Waals surface area contributed by atoms with E-state index in [1.807, 2.05) is 17.5 Å². The second-order valence-electron chi connectivity index (χ2n) is 3.77. The Hall–Kier alpha value is -1.66. The Kier molecular flexibility index (Phi) is 5.11. The van der Waals surface area contributed by atoms with Crippen LogP contribution in [0, 0.1) is 0 Å². The van der Waals surface area contributed by atoms with Crippen LogP contribution in [0.25, 0.3) is 0 Å². The van der Waals surface area contributed by atoms with Gasteiger partial charge in [0.2, 0.25) is 0 Å². The highest BCUT2D eigenvalue weighted by atomic mass is 32.1. The Balaban J connectivity index is 1.63. The van der Waals surface area contributed by atoms with Gasteiger partial charge < -0.3 is 10.1 Å². The fourth-order valence-corrected chi connectivity index (χ4v) is 2.76. The van der Waals surface area contributed by atoms with Crippen LogP contribution in [0.15, 0.2) is 34.3 Å². The van der Waals surface area contributed by atoms with Crippen molar-refractivity contribution < 1.29 is 14.3 Å². The van der Waals surface area contributed by atoms with Gasteiger partial charge in [-0.2, -0.15) is 11.3 Å². The van der Waals surface area contributed by atoms with Gasteiger partial charge in [0.1, 0.15) is 0 Å². The molecule has 0 aliphatic rings. The Morgan fingerprint density at radius 2 is 2.16 bits per heavy atom. The first-order valence-corrected chi connectivity index (χ1v) is 7.56. The molecule has 4 nitrogen and oxygen atoms in total. The lowest BCUT2D eigenvalue weighted by molar-refractivity contribution is -0.124. The molecule has 0 spiro atoms. The van der Waals surface area contributed by atoms with E-state index in [2.05, 4.69) is 5.32 Å². The number of thiophene rings is 2. The van der Waals surface area contributed by atoms with Crippen LogP contribution in [0.5, 0.6) is 0 Å². The van der Waals surface area contributed by atoms with E-state index in [-0.39, 0.29) is 12.5 Å². The largest absolute Gasteiger partial charge is 0.452 e. The van der Waals surface area contributed by atoms with E-state index in [9.17, 15) is 9.59 Å². The summed E-state index contributed by atoms with van der Waals surface area (Å²) in [6, 6.07) is 5.67. The van der Waals surface area contributed by atoms with Crippen LogP contribution in [-0.2, 0) is 16.0 Å². The SMILES string of the molecule is O=C(COC(=O)c1ccsc1)NCCc1cccs1. The summed E-state index contributed by atoms with van der Waals surface area (Å²) in [5.74, 6) is -0.741. The fraction of sp³-hybridized carbons (Fsp3) is 0.231. The highest BCUT2D eigenvalue weighted by Crippen LogP contribution is 2.08. The maximum atomic E-state index is 11.5. The van der Waals surface area contributed by atoms with E-state index in [4.69, 9.17) is 4.74 Å². The topological polar surface area (TPSA) is 55.4 Å². The van der Waals surface area contributed by atoms with E-state index in [0.717, 1.165) is 6.42 Å². The zero-order chi connectivity index (χ0) is 13.5. The fourth-order valence-electron chi connectivity index (χ4n) is 1.43. The van der Waals surface area contributed by atoms with E-state index >= 15 is 0 Å². The molecule has 6 heteroatoms. The standard InChI is InChI=1S/C13H13NO3S2/c15-12(14-5-3-11-2-1-6-19-11)8-17-13(16)10-4-7-18-9-10/h1-2,4,6-7,9H,3,5,8H2,(H,14,15). The molecule has 0 saturated carbocycles. The van der Waals surface area contributed by atoms with E-state index in [0.29, 0.717) is 12.1 Å². The molecule has 0 radical (unpaired) electrons. The predicted molar refractivity (Wildman–Crippen MR) is 75.6 cm³/mol. The second kappa shape index (κ2) is 7.06. The third-order valence-corrected chi connectivity index (χ3v) is 3.98. The number of carbonyl (C=O) groups excluding carboxylic acids is 2. The predicted octanol–water partition coefficient (Wildman–Crippen LogP) is 2.33. The van der Waals surface area contributed by atoms with Crippen molar-refractivity contribution >= 4 is 34.6 Å². The highest BCUT2D eigenvalue weighted by Gasteiger charge is 2.09. The number of carbonyl (C=O) groups is 2. The van der Waals surface area contributed by atoms with Crippen molar-refractivity contribution in [3.05, 3.63) is 44.8 Å². The first-order chi connectivity index (χ1) is 9.25. The molecular weight excluding hydrogens is 282 g/mol. The lowest BCUT2D eigenvalue weighted by Gasteiger charge is -2.05. The maximum absolute atomic E-state index is 11.5. The van der Waals surface area contributed by atoms with Crippen molar-refractivity contribution in [2.75, 3.05) is 13.2 Å². The molecule has 2 aromatic rings. The van der Waals surface area contributed by atoms with Gasteiger partial charge in [-0.25, -0.2) is 4.79 Å². The molecule has 0 atom stereocenters. The monoisotopic (exact) mass is 295 g/mol. The van der Waals surface area contributed by atoms with Crippen molar-refractivity contribution in [2.24, 2.45) is 0 Å². The maximum Gasteiger partial charge on any atom is 0.339 e. The Morgan fingerprint density at radius 1 is 1.26 bits per heavy atom. The number of hydrogen-bond acceptors (Lipinski definition) is 5. The summed E-state index contributed by atoms with van der Waals surface area (Å²) in [5.41, 5.74) is 0.483. The Labute approximate surface area is 119 Å². The van der Waals surface area contributed by atoms with Crippen molar-refractivity contribution in [3.63, 3.8) is 0 Å². The molecule has 100 valence electrons. The van der Waals surface area contributed by atoms with Crippen molar-refractivity contribution in [3.8, 4) is 0 Å². The Morgan fingerprint density at radius 3 is 2.84 bits per heavy atom. The minimum absolute atomic E-state index is 0.237. The van der Waals surface area contributed by atoms with Gasteiger partial charge in [0, 0.05) is 16.8 Å². The lowest BCUT2D eigenvalue weighted by Crippen LogP contribution is -2.30. The summed E-state index contributed by atoms with van der Waals surface area (Å²) < 4.78 is 4.89. The van der Waals surface area contributed by atoms with Gasteiger partial charge in [-0.1, -0.05) is 6.07 Å². The number of ether oxygens (including phenoxy) is 1. The highest BCUT2D eigenvalue weighted by molar-refractivity contribution is 7.09. The average Bonchev–Trinajstić information content (AvgIpc) is 3.08. The van der Waals surface area contributed by atoms with Gasteiger partial charge in [0.05, 0.1) is 5.56 Å². The Bertz CT molecular complexity index is 520. The van der Waals surface area contributed by atoms with E-state index in [1.165, 1.54) is 16.2 Å². The zero-order valence-corrected chi connectivity index (χ0v) is 11.8. The van der Waals surface area contributed by atoms with Crippen molar-refractivity contribution in [2.45, 2.75) is 6.42 Å². The third-order valence-electron chi connectivity index (χ3n) is 2.36. The molecule has 1 amide bonds. The van der Waals surface area contributed by atoms with Gasteiger partial charge in [0.25, 0.3) is 5.91 Å². The minimum atomic E-state index is -0.463. The van der Waals surface area contributed by atoms with Crippen LogP contribution in [0.1, 0.15) is 15.2 Å². The van der Waals surface area contributed by atoms with Gasteiger partial charge in [-0.05, 0) is 29.3 Å². The van der Waals surface area contributed by atoms with Crippen LogP contribution in [0.4, 0.5) is 0 Å². The first-order valence-electron chi connectivity index (χ1n) is 5.74. The number of amides is 1. The molecule has 2 aromatic heterocycles. The van der Waals surface area contributed by atoms with Crippen molar-refractivity contribution in [1.82, 2.24) is 5.32 Å². The number of rotatable bonds is 6. The smallest absolute Gasteiger partial charge is 0.339 e.